The van der Waals surface area contributed by atoms with Gasteiger partial charge in [0.2, 0.25) is 17.7 Å². The second-order valence-electron chi connectivity index (χ2n) is 24.4. The number of aromatic nitrogens is 18. The number of anilines is 3. The molecule has 6 aliphatic rings. The lowest BCUT2D eigenvalue weighted by atomic mass is 10.1. The molecule has 15 rings (SSSR count). The summed E-state index contributed by atoms with van der Waals surface area (Å²) in [7, 11) is 0. The predicted octanol–water partition coefficient (Wildman–Crippen LogP) is 6.60. The molecule has 6 atom stereocenters. The average Bonchev–Trinajstić information content (AvgIpc) is 1.80. The molecule has 3 saturated carbocycles. The van der Waals surface area contributed by atoms with Gasteiger partial charge in [0.25, 0.3) is 0 Å². The fourth-order valence-corrected chi connectivity index (χ4v) is 12.3. The highest BCUT2D eigenvalue weighted by Crippen LogP contribution is 2.40. The van der Waals surface area contributed by atoms with Crippen molar-refractivity contribution in [1.29, 1.82) is 0 Å². The van der Waals surface area contributed by atoms with E-state index in [1.807, 2.05) is 40.0 Å². The Kier molecular flexibility index (Phi) is 16.3. The summed E-state index contributed by atoms with van der Waals surface area (Å²) in [6.45, 7) is 22.8. The van der Waals surface area contributed by atoms with E-state index in [1.165, 1.54) is 0 Å². The van der Waals surface area contributed by atoms with Gasteiger partial charge in [-0.25, -0.2) is 74.8 Å². The number of aryl methyl sites for hydroxylation is 6. The van der Waals surface area contributed by atoms with Gasteiger partial charge in [-0.1, -0.05) is 13.8 Å². The Balaban J connectivity index is 0.000000123. The van der Waals surface area contributed by atoms with Crippen molar-refractivity contribution in [3.8, 4) is 34.2 Å². The van der Waals surface area contributed by atoms with E-state index < -0.39 is 0 Å². The van der Waals surface area contributed by atoms with Crippen molar-refractivity contribution >= 4 is 68.7 Å². The number of nitrogens with zero attached hydrogens (tertiary/aromatic N) is 21. The van der Waals surface area contributed by atoms with Gasteiger partial charge in [0.1, 0.15) is 53.9 Å². The van der Waals surface area contributed by atoms with E-state index in [9.17, 15) is 14.4 Å². The van der Waals surface area contributed by atoms with Crippen LogP contribution in [-0.4, -0.2) is 178 Å². The zero-order valence-electron chi connectivity index (χ0n) is 51.7. The minimum atomic E-state index is 0.142. The molecule has 12 heterocycles. The van der Waals surface area contributed by atoms with Crippen molar-refractivity contribution < 1.29 is 14.4 Å². The van der Waals surface area contributed by atoms with E-state index in [0.29, 0.717) is 66.6 Å². The third kappa shape index (κ3) is 12.2. The molecule has 27 nitrogen and oxygen atoms in total. The molecule has 0 bridgehead atoms. The van der Waals surface area contributed by atoms with Crippen molar-refractivity contribution in [3.05, 3.63) is 73.6 Å². The number of hydrogen-bond donors (Lipinski definition) is 3. The quantitative estimate of drug-likeness (QED) is 0.0974. The first kappa shape index (κ1) is 58.7. The van der Waals surface area contributed by atoms with E-state index in [1.54, 1.807) is 56.2 Å². The minimum Gasteiger partial charge on any atom is -0.364 e. The normalized spacial score (nSPS) is 21.2. The highest BCUT2D eigenvalue weighted by Gasteiger charge is 2.44. The summed E-state index contributed by atoms with van der Waals surface area (Å²) in [5, 5.41) is 10.6. The zero-order valence-corrected chi connectivity index (χ0v) is 51.7. The van der Waals surface area contributed by atoms with E-state index in [0.717, 1.165) is 169 Å². The largest absolute Gasteiger partial charge is 0.364 e. The van der Waals surface area contributed by atoms with Gasteiger partial charge in [-0.3, -0.25) is 14.4 Å². The van der Waals surface area contributed by atoms with Gasteiger partial charge in [0, 0.05) is 132 Å². The summed E-state index contributed by atoms with van der Waals surface area (Å²) in [5.74, 6) is 9.17. The number of fused-ring (bicyclic) bond motifs is 3. The Labute approximate surface area is 514 Å². The second kappa shape index (κ2) is 24.7. The number of hydrogen-bond acceptors (Lipinski definition) is 21. The number of nitrogens with one attached hydrogen (secondary N) is 3. The van der Waals surface area contributed by atoms with Crippen LogP contribution in [0, 0.1) is 50.4 Å². The van der Waals surface area contributed by atoms with Crippen molar-refractivity contribution in [2.45, 2.75) is 138 Å². The predicted molar refractivity (Wildman–Crippen MR) is 333 cm³/mol. The SMILES string of the molecule is CCn1c(-c2cnc(C)nc2)nc2c(NC3CCN(C(=O)C4CC4)C3)ncnc21.CCn1c(-c2cnc(C)nc2)nc2c(NC3CN(C(=O)C4CC4)CC3C)ncnc21.CCn1c(-c2cnc(C)nc2)nc2c(N[C@H]3CCN(C(=O)[C@H]4C[C@H]4C)C3)ncnc21. The zero-order chi connectivity index (χ0) is 61.6. The van der Waals surface area contributed by atoms with Gasteiger partial charge in [-0.15, -0.1) is 0 Å². The Morgan fingerprint density at radius 1 is 0.438 bits per heavy atom. The topological polar surface area (TPSA) is 305 Å². The molecule has 9 aromatic heterocycles. The van der Waals surface area contributed by atoms with Gasteiger partial charge in [0.15, 0.2) is 50.9 Å². The lowest BCUT2D eigenvalue weighted by molar-refractivity contribution is -0.132. The van der Waals surface area contributed by atoms with Crippen molar-refractivity contribution in [2.24, 2.45) is 29.6 Å². The maximum absolute atomic E-state index is 12.5. The molecule has 0 spiro atoms. The van der Waals surface area contributed by atoms with Crippen LogP contribution in [0.3, 0.4) is 0 Å². The first-order chi connectivity index (χ1) is 43.2. The van der Waals surface area contributed by atoms with Crippen LogP contribution in [0.2, 0.25) is 0 Å². The van der Waals surface area contributed by atoms with Crippen LogP contribution in [0.15, 0.2) is 56.2 Å². The van der Waals surface area contributed by atoms with Gasteiger partial charge in [-0.2, -0.15) is 0 Å². The van der Waals surface area contributed by atoms with Crippen LogP contribution in [0.25, 0.3) is 67.7 Å². The molecule has 3 aliphatic heterocycles. The molecule has 9 aromatic rings. The molecule has 3 aliphatic carbocycles. The summed E-state index contributed by atoms with van der Waals surface area (Å²) in [5.41, 5.74) is 7.09. The van der Waals surface area contributed by atoms with Crippen LogP contribution in [0.1, 0.15) is 97.0 Å². The van der Waals surface area contributed by atoms with Crippen LogP contribution in [0.4, 0.5) is 17.5 Å². The number of amides is 3. The molecule has 3 saturated heterocycles. The van der Waals surface area contributed by atoms with E-state index >= 15 is 0 Å². The minimum absolute atomic E-state index is 0.142. The monoisotopic (exact) mass is 1200 g/mol. The Morgan fingerprint density at radius 2 is 0.798 bits per heavy atom. The van der Waals surface area contributed by atoms with Gasteiger partial charge < -0.3 is 44.4 Å². The van der Waals surface area contributed by atoms with Crippen molar-refractivity contribution in [2.75, 3.05) is 55.2 Å². The highest BCUT2D eigenvalue weighted by molar-refractivity contribution is 5.89. The van der Waals surface area contributed by atoms with E-state index in [2.05, 4.69) is 120 Å². The molecule has 3 amide bonds. The molecule has 0 radical (unpaired) electrons. The van der Waals surface area contributed by atoms with E-state index in [4.69, 9.17) is 15.0 Å². The molecule has 0 aromatic carbocycles. The summed E-state index contributed by atoms with van der Waals surface area (Å²) in [6.07, 6.45) is 22.4. The maximum Gasteiger partial charge on any atom is 0.226 e. The molecular weight excluding hydrogens is 1130 g/mol. The summed E-state index contributed by atoms with van der Waals surface area (Å²) in [6, 6.07) is 0.483. The lowest BCUT2D eigenvalue weighted by Crippen LogP contribution is -2.33. The maximum atomic E-state index is 12.5. The number of likely N-dealkylation sites (tertiary alicyclic amines) is 3. The first-order valence-corrected chi connectivity index (χ1v) is 31.4. The van der Waals surface area contributed by atoms with Crippen molar-refractivity contribution in [3.63, 3.8) is 0 Å². The second-order valence-corrected chi connectivity index (χ2v) is 24.4. The third-order valence-corrected chi connectivity index (χ3v) is 17.9. The summed E-state index contributed by atoms with van der Waals surface area (Å²) < 4.78 is 6.15. The first-order valence-electron chi connectivity index (χ1n) is 31.4. The summed E-state index contributed by atoms with van der Waals surface area (Å²) in [4.78, 5) is 110. The number of carbonyl (C=O) groups excluding carboxylic acids is 3. The van der Waals surface area contributed by atoms with Crippen LogP contribution in [-0.2, 0) is 34.0 Å². The number of imidazole rings is 3. The number of rotatable bonds is 15. The smallest absolute Gasteiger partial charge is 0.226 e. The number of carbonyl (C=O) groups is 3. The van der Waals surface area contributed by atoms with Crippen LogP contribution >= 0.6 is 0 Å². The van der Waals surface area contributed by atoms with Crippen LogP contribution in [0.5, 0.6) is 0 Å². The molecule has 6 fully saturated rings. The Bertz CT molecular complexity index is 4070. The molecule has 27 heteroatoms. The molecular formula is C62H76N24O3. The van der Waals surface area contributed by atoms with Gasteiger partial charge in [0.05, 0.1) is 16.7 Å². The average molecular weight is 1210 g/mol. The highest BCUT2D eigenvalue weighted by atomic mass is 16.2. The molecule has 89 heavy (non-hydrogen) atoms. The molecule has 462 valence electrons. The Hall–Kier alpha value is -9.30. The molecule has 3 N–H and O–H groups in total. The summed E-state index contributed by atoms with van der Waals surface area (Å²) >= 11 is 0. The van der Waals surface area contributed by atoms with Crippen molar-refractivity contribution in [1.82, 2.24) is 103 Å². The Morgan fingerprint density at radius 3 is 1.16 bits per heavy atom. The molecule has 3 unspecified atom stereocenters. The van der Waals surface area contributed by atoms with Gasteiger partial charge in [-0.05, 0) is 98.3 Å². The van der Waals surface area contributed by atoms with Crippen LogP contribution < -0.4 is 16.0 Å². The van der Waals surface area contributed by atoms with E-state index in [-0.39, 0.29) is 35.9 Å². The third-order valence-electron chi connectivity index (χ3n) is 17.9. The fourth-order valence-electron chi connectivity index (χ4n) is 12.3. The van der Waals surface area contributed by atoms with Gasteiger partial charge >= 0.3 is 0 Å². The lowest BCUT2D eigenvalue weighted by Gasteiger charge is -2.17. The fraction of sp³-hybridized carbons (Fsp3) is 0.516. The standard InChI is InChI=1S/2C21H26N8O.C20H24N8O/c1-4-29-19(15-7-22-13(3)23-8-15)27-17-18(24-11-25-20(17)29)26-16-10-28(9-12(16)2)21(30)14-5-6-14;1-4-29-19(14-8-22-13(3)23-9-14)27-17-18(24-11-25-20(17)29)26-15-5-6-28(10-15)21(30)16-7-12(16)2;1-3-28-18(14-8-21-12(2)22-9-14)26-16-17(23-11-24-19(16)28)25-15-6-7-27(10-15)20(29)13-4-5-13/h7-8,11-12,14,16H,4-6,9-10H2,1-3H3,(H,24,25,26);8-9,11-12,15-16H,4-7,10H2,1-3H3,(H,24,25,26);8-9,11,13,15H,3-7,10H2,1-2H3,(H,23,24,25)/t;12-,15+,16+;/m.1./s1.